The lowest BCUT2D eigenvalue weighted by molar-refractivity contribution is -0.385. The zero-order valence-corrected chi connectivity index (χ0v) is 16.5. The molecule has 0 unspecified atom stereocenters. The largest absolute Gasteiger partial charge is 0.354 e. The Balaban J connectivity index is 1.81. The van der Waals surface area contributed by atoms with Crippen molar-refractivity contribution >= 4 is 38.4 Å². The number of anilines is 2. The molecule has 2 heterocycles. The number of para-hydroxylation sites is 2. The van der Waals surface area contributed by atoms with Gasteiger partial charge >= 0.3 is 0 Å². The van der Waals surface area contributed by atoms with E-state index in [0.717, 1.165) is 25.9 Å². The van der Waals surface area contributed by atoms with Crippen molar-refractivity contribution in [1.82, 2.24) is 9.97 Å². The summed E-state index contributed by atoms with van der Waals surface area (Å²) in [5, 5.41) is 11.2. The van der Waals surface area contributed by atoms with Crippen LogP contribution in [0.2, 0.25) is 0 Å². The van der Waals surface area contributed by atoms with Crippen molar-refractivity contribution in [3.8, 4) is 0 Å². The second-order valence-corrected chi connectivity index (χ2v) is 8.49. The van der Waals surface area contributed by atoms with E-state index in [9.17, 15) is 18.5 Å². The van der Waals surface area contributed by atoms with Crippen molar-refractivity contribution in [3.05, 3.63) is 58.1 Å². The van der Waals surface area contributed by atoms with E-state index in [2.05, 4.69) is 14.7 Å². The van der Waals surface area contributed by atoms with Gasteiger partial charge in [-0.25, -0.2) is 18.4 Å². The van der Waals surface area contributed by atoms with Crippen LogP contribution in [0.3, 0.4) is 0 Å². The molecule has 4 rings (SSSR count). The van der Waals surface area contributed by atoms with Gasteiger partial charge in [0.15, 0.2) is 11.6 Å². The number of hydrogen-bond donors (Lipinski definition) is 1. The molecule has 0 bridgehead atoms. The summed E-state index contributed by atoms with van der Waals surface area (Å²) in [6.07, 6.45) is 1.98. The van der Waals surface area contributed by atoms with E-state index in [1.54, 1.807) is 12.1 Å². The summed E-state index contributed by atoms with van der Waals surface area (Å²) >= 11 is 0. The number of sulfonamides is 1. The van der Waals surface area contributed by atoms with Gasteiger partial charge in [-0.3, -0.25) is 14.8 Å². The van der Waals surface area contributed by atoms with Gasteiger partial charge in [-0.2, -0.15) is 0 Å². The molecule has 1 fully saturated rings. The lowest BCUT2D eigenvalue weighted by atomic mass is 10.2. The molecule has 1 N–H and O–H groups in total. The van der Waals surface area contributed by atoms with Crippen molar-refractivity contribution in [1.29, 1.82) is 0 Å². The highest BCUT2D eigenvalue weighted by Crippen LogP contribution is 2.31. The van der Waals surface area contributed by atoms with Gasteiger partial charge in [-0.05, 0) is 38.0 Å². The van der Waals surface area contributed by atoms with E-state index in [0.29, 0.717) is 16.9 Å². The minimum absolute atomic E-state index is 0.0708. The lowest BCUT2D eigenvalue weighted by Crippen LogP contribution is -2.24. The van der Waals surface area contributed by atoms with Crippen molar-refractivity contribution < 1.29 is 13.3 Å². The molecule has 0 aliphatic carbocycles. The Morgan fingerprint density at radius 2 is 1.69 bits per heavy atom. The van der Waals surface area contributed by atoms with Crippen LogP contribution in [-0.2, 0) is 10.0 Å². The van der Waals surface area contributed by atoms with Crippen LogP contribution < -0.4 is 9.62 Å². The van der Waals surface area contributed by atoms with Gasteiger partial charge in [-0.1, -0.05) is 18.2 Å². The highest BCUT2D eigenvalue weighted by molar-refractivity contribution is 7.92. The maximum Gasteiger partial charge on any atom is 0.273 e. The van der Waals surface area contributed by atoms with Gasteiger partial charge in [0.2, 0.25) is 0 Å². The molecule has 1 aliphatic heterocycles. The number of nitro benzene ring substituents is 1. The lowest BCUT2D eigenvalue weighted by Gasteiger charge is -2.20. The van der Waals surface area contributed by atoms with E-state index in [1.807, 2.05) is 17.0 Å². The maximum atomic E-state index is 13.1. The summed E-state index contributed by atoms with van der Waals surface area (Å²) < 4.78 is 28.7. The van der Waals surface area contributed by atoms with Gasteiger partial charge in [0, 0.05) is 24.7 Å². The topological polar surface area (TPSA) is 118 Å². The Morgan fingerprint density at radius 1 is 1.03 bits per heavy atom. The second kappa shape index (κ2) is 7.28. The minimum Gasteiger partial charge on any atom is -0.354 e. The molecule has 1 saturated heterocycles. The summed E-state index contributed by atoms with van der Waals surface area (Å²) in [6.45, 7) is 2.94. The molecule has 0 atom stereocenters. The fraction of sp³-hybridized carbons (Fsp3) is 0.263. The maximum absolute atomic E-state index is 13.1. The number of hydrogen-bond acceptors (Lipinski definition) is 7. The van der Waals surface area contributed by atoms with Crippen LogP contribution in [0.25, 0.3) is 11.0 Å². The number of benzene rings is 2. The van der Waals surface area contributed by atoms with Gasteiger partial charge in [-0.15, -0.1) is 0 Å². The SMILES string of the molecule is Cc1c([N+](=O)[O-])cccc1S(=O)(=O)Nc1nc2ccccc2nc1N1CCCC1. The van der Waals surface area contributed by atoms with E-state index >= 15 is 0 Å². The first-order chi connectivity index (χ1) is 13.9. The average Bonchev–Trinajstić information content (AvgIpc) is 3.21. The standard InChI is InChI=1S/C19H19N5O4S/c1-13-16(24(25)26)9-6-10-17(13)29(27,28)22-18-19(23-11-4-5-12-23)21-15-8-3-2-7-14(15)20-18/h2-3,6-10H,4-5,11-12H2,1H3,(H,20,22). The summed E-state index contributed by atoms with van der Waals surface area (Å²) in [4.78, 5) is 21.6. The molecule has 3 aromatic rings. The fourth-order valence-corrected chi connectivity index (χ4v) is 4.75. The molecule has 0 spiro atoms. The number of aromatic nitrogens is 2. The predicted molar refractivity (Wildman–Crippen MR) is 110 cm³/mol. The van der Waals surface area contributed by atoms with E-state index in [1.165, 1.54) is 25.1 Å². The molecule has 1 aliphatic rings. The molecule has 1 aromatic heterocycles. The highest BCUT2D eigenvalue weighted by atomic mass is 32.2. The fourth-order valence-electron chi connectivity index (χ4n) is 3.48. The van der Waals surface area contributed by atoms with Crippen LogP contribution in [0.15, 0.2) is 47.4 Å². The zero-order chi connectivity index (χ0) is 20.6. The summed E-state index contributed by atoms with van der Waals surface area (Å²) in [5.41, 5.74) is 1.05. The number of nitrogens with one attached hydrogen (secondary N) is 1. The molecule has 0 radical (unpaired) electrons. The van der Waals surface area contributed by atoms with Crippen LogP contribution in [0.1, 0.15) is 18.4 Å². The highest BCUT2D eigenvalue weighted by Gasteiger charge is 2.27. The molecule has 0 amide bonds. The summed E-state index contributed by atoms with van der Waals surface area (Å²) in [6, 6.07) is 11.2. The first-order valence-electron chi connectivity index (χ1n) is 9.15. The number of rotatable bonds is 5. The van der Waals surface area contributed by atoms with Gasteiger partial charge in [0.25, 0.3) is 15.7 Å². The third-order valence-electron chi connectivity index (χ3n) is 4.93. The Morgan fingerprint density at radius 3 is 2.34 bits per heavy atom. The number of nitro groups is 1. The summed E-state index contributed by atoms with van der Waals surface area (Å²) in [7, 11) is -4.10. The number of nitrogens with zero attached hydrogens (tertiary/aromatic N) is 4. The number of fused-ring (bicyclic) bond motifs is 1. The molecule has 150 valence electrons. The first kappa shape index (κ1) is 19.1. The van der Waals surface area contributed by atoms with Crippen LogP contribution in [0.4, 0.5) is 17.3 Å². The summed E-state index contributed by atoms with van der Waals surface area (Å²) in [5.74, 6) is 0.587. The third-order valence-corrected chi connectivity index (χ3v) is 6.41. The second-order valence-electron chi connectivity index (χ2n) is 6.84. The van der Waals surface area contributed by atoms with Gasteiger partial charge < -0.3 is 4.90 Å². The van der Waals surface area contributed by atoms with Crippen LogP contribution in [-0.4, -0.2) is 36.4 Å². The van der Waals surface area contributed by atoms with E-state index in [4.69, 9.17) is 0 Å². The van der Waals surface area contributed by atoms with Crippen molar-refractivity contribution in [2.24, 2.45) is 0 Å². The molecular formula is C19H19N5O4S. The Bertz CT molecular complexity index is 1210. The Hall–Kier alpha value is -3.27. The van der Waals surface area contributed by atoms with Crippen LogP contribution in [0, 0.1) is 17.0 Å². The van der Waals surface area contributed by atoms with Crippen molar-refractivity contribution in [2.45, 2.75) is 24.7 Å². The van der Waals surface area contributed by atoms with Crippen LogP contribution >= 0.6 is 0 Å². The molecule has 29 heavy (non-hydrogen) atoms. The van der Waals surface area contributed by atoms with Gasteiger partial charge in [0.05, 0.1) is 20.9 Å². The van der Waals surface area contributed by atoms with Crippen molar-refractivity contribution in [3.63, 3.8) is 0 Å². The van der Waals surface area contributed by atoms with Crippen molar-refractivity contribution in [2.75, 3.05) is 22.7 Å². The molecule has 10 heteroatoms. The Kier molecular flexibility index (Phi) is 4.79. The molecule has 2 aromatic carbocycles. The van der Waals surface area contributed by atoms with Gasteiger partial charge in [0.1, 0.15) is 0 Å². The smallest absolute Gasteiger partial charge is 0.273 e. The van der Waals surface area contributed by atoms with E-state index in [-0.39, 0.29) is 22.0 Å². The zero-order valence-electron chi connectivity index (χ0n) is 15.7. The first-order valence-corrected chi connectivity index (χ1v) is 10.6. The normalized spacial score (nSPS) is 14.3. The minimum atomic E-state index is -4.10. The molecular weight excluding hydrogens is 394 g/mol. The third kappa shape index (κ3) is 3.58. The Labute approximate surface area is 167 Å². The predicted octanol–water partition coefficient (Wildman–Crippen LogP) is 3.25. The molecule has 9 nitrogen and oxygen atoms in total. The quantitative estimate of drug-likeness (QED) is 0.504. The average molecular weight is 413 g/mol. The van der Waals surface area contributed by atoms with Crippen LogP contribution in [0.5, 0.6) is 0 Å². The molecule has 0 saturated carbocycles. The van der Waals surface area contributed by atoms with E-state index < -0.39 is 14.9 Å². The monoisotopic (exact) mass is 413 g/mol.